The van der Waals surface area contributed by atoms with Gasteiger partial charge in [0.1, 0.15) is 5.75 Å². The highest BCUT2D eigenvalue weighted by molar-refractivity contribution is 7.54. The Hall–Kier alpha value is -1.95. The molecule has 1 heterocycles. The van der Waals surface area contributed by atoms with Crippen LogP contribution in [0.3, 0.4) is 0 Å². The molecule has 0 saturated carbocycles. The van der Waals surface area contributed by atoms with Gasteiger partial charge < -0.3 is 19.1 Å². The number of anilines is 1. The van der Waals surface area contributed by atoms with Crippen molar-refractivity contribution in [1.29, 1.82) is 0 Å². The maximum atomic E-state index is 13.3. The zero-order chi connectivity index (χ0) is 17.4. The third-order valence-electron chi connectivity index (χ3n) is 3.20. The van der Waals surface area contributed by atoms with E-state index < -0.39 is 13.4 Å². The summed E-state index contributed by atoms with van der Waals surface area (Å²) >= 11 is 0. The lowest BCUT2D eigenvalue weighted by atomic mass is 10.2. The summed E-state index contributed by atoms with van der Waals surface area (Å²) in [6, 6.07) is 8.91. The van der Waals surface area contributed by atoms with Gasteiger partial charge in [-0.2, -0.15) is 0 Å². The lowest BCUT2D eigenvalue weighted by Crippen LogP contribution is -2.16. The molecule has 1 unspecified atom stereocenters. The average Bonchev–Trinajstić information content (AvgIpc) is 2.61. The molecule has 2 rings (SSSR count). The predicted octanol–water partition coefficient (Wildman–Crippen LogP) is 3.86. The van der Waals surface area contributed by atoms with Gasteiger partial charge >= 0.3 is 7.60 Å². The van der Waals surface area contributed by atoms with Crippen molar-refractivity contribution in [2.45, 2.75) is 19.6 Å². The second-order valence-corrected chi connectivity index (χ2v) is 6.88. The number of rotatable bonds is 9. The SMILES string of the molecule is CCOP(=O)(OCC)C(Nc1ncccn1)c1ccc(OC)cc1. The Morgan fingerprint density at radius 2 is 1.67 bits per heavy atom. The van der Waals surface area contributed by atoms with E-state index in [1.165, 1.54) is 0 Å². The summed E-state index contributed by atoms with van der Waals surface area (Å²) in [6.45, 7) is 4.08. The van der Waals surface area contributed by atoms with Crippen molar-refractivity contribution in [2.24, 2.45) is 0 Å². The van der Waals surface area contributed by atoms with E-state index in [0.717, 1.165) is 5.56 Å². The quantitative estimate of drug-likeness (QED) is 0.687. The molecule has 1 aromatic carbocycles. The van der Waals surface area contributed by atoms with E-state index in [4.69, 9.17) is 13.8 Å². The van der Waals surface area contributed by atoms with E-state index in [1.807, 2.05) is 12.1 Å². The lowest BCUT2D eigenvalue weighted by molar-refractivity contribution is 0.214. The van der Waals surface area contributed by atoms with Crippen LogP contribution in [0.4, 0.5) is 5.95 Å². The van der Waals surface area contributed by atoms with Crippen LogP contribution in [0.25, 0.3) is 0 Å². The lowest BCUT2D eigenvalue weighted by Gasteiger charge is -2.27. The zero-order valence-corrected chi connectivity index (χ0v) is 14.9. The van der Waals surface area contributed by atoms with Crippen LogP contribution in [0.1, 0.15) is 25.2 Å². The second kappa shape index (κ2) is 8.78. The van der Waals surface area contributed by atoms with E-state index in [1.54, 1.807) is 51.6 Å². The van der Waals surface area contributed by atoms with Crippen molar-refractivity contribution in [3.63, 3.8) is 0 Å². The Morgan fingerprint density at radius 3 is 2.17 bits per heavy atom. The third-order valence-corrected chi connectivity index (χ3v) is 5.49. The first kappa shape index (κ1) is 18.4. The molecule has 0 aliphatic carbocycles. The Labute approximate surface area is 141 Å². The standard InChI is InChI=1S/C16H22N3O4P/c1-4-22-24(20,23-5-2)15(19-16-17-11-6-12-18-16)13-7-9-14(21-3)10-8-13/h6-12,15H,4-5H2,1-3H3,(H,17,18,19). The van der Waals surface area contributed by atoms with Crippen LogP contribution in [0.2, 0.25) is 0 Å². The highest BCUT2D eigenvalue weighted by Gasteiger charge is 2.37. The molecule has 7 nitrogen and oxygen atoms in total. The number of nitrogens with one attached hydrogen (secondary N) is 1. The smallest absolute Gasteiger partial charge is 0.357 e. The molecule has 0 saturated heterocycles. The Balaban J connectivity index is 2.40. The first-order valence-electron chi connectivity index (χ1n) is 7.69. The van der Waals surface area contributed by atoms with Crippen molar-refractivity contribution in [1.82, 2.24) is 9.97 Å². The summed E-state index contributed by atoms with van der Waals surface area (Å²) in [5.41, 5.74) is 0.730. The second-order valence-electron chi connectivity index (χ2n) is 4.77. The Kier molecular flexibility index (Phi) is 6.73. The zero-order valence-electron chi connectivity index (χ0n) is 14.0. The summed E-state index contributed by atoms with van der Waals surface area (Å²) in [4.78, 5) is 8.26. The van der Waals surface area contributed by atoms with Gasteiger partial charge in [0, 0.05) is 12.4 Å². The fourth-order valence-corrected chi connectivity index (χ4v) is 4.08. The number of ether oxygens (including phenoxy) is 1. The van der Waals surface area contributed by atoms with Gasteiger partial charge in [-0.05, 0) is 37.6 Å². The van der Waals surface area contributed by atoms with Crippen LogP contribution in [-0.2, 0) is 13.6 Å². The van der Waals surface area contributed by atoms with E-state index >= 15 is 0 Å². The minimum atomic E-state index is -3.47. The first-order chi connectivity index (χ1) is 11.6. The molecule has 0 spiro atoms. The fourth-order valence-electron chi connectivity index (χ4n) is 2.17. The molecule has 24 heavy (non-hydrogen) atoms. The number of hydrogen-bond acceptors (Lipinski definition) is 7. The van der Waals surface area contributed by atoms with Crippen LogP contribution < -0.4 is 10.1 Å². The van der Waals surface area contributed by atoms with Crippen molar-refractivity contribution >= 4 is 13.5 Å². The number of benzene rings is 1. The number of methoxy groups -OCH3 is 1. The molecule has 1 atom stereocenters. The number of aromatic nitrogens is 2. The van der Waals surface area contributed by atoms with Crippen LogP contribution in [0, 0.1) is 0 Å². The maximum Gasteiger partial charge on any atom is 0.357 e. The molecular weight excluding hydrogens is 329 g/mol. The summed E-state index contributed by atoms with van der Waals surface area (Å²) in [5.74, 6) is 0.319. The van der Waals surface area contributed by atoms with Crippen LogP contribution >= 0.6 is 7.60 Å². The molecular formula is C16H22N3O4P. The summed E-state index contributed by atoms with van der Waals surface area (Å²) in [7, 11) is -1.88. The molecule has 8 heteroatoms. The van der Waals surface area contributed by atoms with Gasteiger partial charge in [0.05, 0.1) is 20.3 Å². The van der Waals surface area contributed by atoms with Crippen LogP contribution in [0.15, 0.2) is 42.7 Å². The Morgan fingerprint density at radius 1 is 1.08 bits per heavy atom. The Bertz CT molecular complexity index is 657. The van der Waals surface area contributed by atoms with E-state index in [9.17, 15) is 4.57 Å². The third kappa shape index (κ3) is 4.54. The topological polar surface area (TPSA) is 82.6 Å². The van der Waals surface area contributed by atoms with Crippen LogP contribution in [0.5, 0.6) is 5.75 Å². The molecule has 0 amide bonds. The van der Waals surface area contributed by atoms with Crippen molar-refractivity contribution in [3.8, 4) is 5.75 Å². The highest BCUT2D eigenvalue weighted by atomic mass is 31.2. The predicted molar refractivity (Wildman–Crippen MR) is 92.2 cm³/mol. The molecule has 0 bridgehead atoms. The van der Waals surface area contributed by atoms with Gasteiger partial charge in [-0.3, -0.25) is 4.57 Å². The van der Waals surface area contributed by atoms with Crippen molar-refractivity contribution in [3.05, 3.63) is 48.3 Å². The van der Waals surface area contributed by atoms with Crippen LogP contribution in [-0.4, -0.2) is 30.3 Å². The molecule has 1 N–H and O–H groups in total. The summed E-state index contributed by atoms with van der Waals surface area (Å²) in [5, 5.41) is 3.07. The van der Waals surface area contributed by atoms with Gasteiger partial charge in [0.25, 0.3) is 0 Å². The average molecular weight is 351 g/mol. The molecule has 130 valence electrons. The normalized spacial score (nSPS) is 12.6. The van der Waals surface area contributed by atoms with Gasteiger partial charge in [-0.1, -0.05) is 12.1 Å². The van der Waals surface area contributed by atoms with E-state index in [-0.39, 0.29) is 13.2 Å². The van der Waals surface area contributed by atoms with Crippen molar-refractivity contribution < 1.29 is 18.3 Å². The fraction of sp³-hybridized carbons (Fsp3) is 0.375. The number of nitrogens with zero attached hydrogens (tertiary/aromatic N) is 2. The summed E-state index contributed by atoms with van der Waals surface area (Å²) in [6.07, 6.45) is 3.21. The minimum absolute atomic E-state index is 0.265. The monoisotopic (exact) mass is 351 g/mol. The highest BCUT2D eigenvalue weighted by Crippen LogP contribution is 2.60. The van der Waals surface area contributed by atoms with E-state index in [2.05, 4.69) is 15.3 Å². The maximum absolute atomic E-state index is 13.3. The van der Waals surface area contributed by atoms with Gasteiger partial charge in [0.15, 0.2) is 5.78 Å². The van der Waals surface area contributed by atoms with Gasteiger partial charge in [0.2, 0.25) is 5.95 Å². The van der Waals surface area contributed by atoms with E-state index in [0.29, 0.717) is 11.7 Å². The molecule has 0 aliphatic rings. The first-order valence-corrected chi connectivity index (χ1v) is 9.30. The summed E-state index contributed by atoms with van der Waals surface area (Å²) < 4.78 is 29.4. The van der Waals surface area contributed by atoms with Crippen molar-refractivity contribution in [2.75, 3.05) is 25.6 Å². The molecule has 2 aromatic rings. The molecule has 0 aliphatic heterocycles. The minimum Gasteiger partial charge on any atom is -0.497 e. The van der Waals surface area contributed by atoms with Gasteiger partial charge in [-0.25, -0.2) is 9.97 Å². The molecule has 0 fully saturated rings. The number of hydrogen-bond donors (Lipinski definition) is 1. The van der Waals surface area contributed by atoms with Gasteiger partial charge in [-0.15, -0.1) is 0 Å². The largest absolute Gasteiger partial charge is 0.497 e. The molecule has 1 aromatic heterocycles. The molecule has 0 radical (unpaired) electrons.